The molecule has 0 amide bonds. The van der Waals surface area contributed by atoms with Crippen molar-refractivity contribution in [2.24, 2.45) is 5.92 Å². The van der Waals surface area contributed by atoms with E-state index in [-0.39, 0.29) is 5.92 Å². The number of carboxylic acids is 1. The molecule has 70 valence electrons. The van der Waals surface area contributed by atoms with Gasteiger partial charge in [0.1, 0.15) is 5.54 Å². The van der Waals surface area contributed by atoms with E-state index in [1.165, 1.54) is 0 Å². The van der Waals surface area contributed by atoms with Crippen molar-refractivity contribution in [1.82, 2.24) is 5.32 Å². The van der Waals surface area contributed by atoms with Crippen molar-refractivity contribution in [3.05, 3.63) is 0 Å². The number of carbonyl (C=O) groups is 1. The Bertz CT molecular complexity index is 171. The molecule has 1 aliphatic heterocycles. The van der Waals surface area contributed by atoms with Crippen molar-refractivity contribution in [3.63, 3.8) is 0 Å². The van der Waals surface area contributed by atoms with Gasteiger partial charge in [0.2, 0.25) is 0 Å². The molecule has 0 spiro atoms. The van der Waals surface area contributed by atoms with Gasteiger partial charge in [-0.2, -0.15) is 0 Å². The lowest BCUT2D eigenvalue weighted by Gasteiger charge is -2.37. The summed E-state index contributed by atoms with van der Waals surface area (Å²) in [5, 5.41) is 12.2. The maximum Gasteiger partial charge on any atom is 0.324 e. The summed E-state index contributed by atoms with van der Waals surface area (Å²) in [6.45, 7) is 4.77. The Kier molecular flexibility index (Phi) is 2.73. The number of hydrogen-bond donors (Lipinski definition) is 2. The highest BCUT2D eigenvalue weighted by Crippen LogP contribution is 2.27. The van der Waals surface area contributed by atoms with Gasteiger partial charge in [-0.05, 0) is 31.7 Å². The second kappa shape index (κ2) is 3.44. The number of hydrogen-bond acceptors (Lipinski definition) is 2. The average Bonchev–Trinajstić information content (AvgIpc) is 2.05. The normalized spacial score (nSPS) is 30.6. The van der Waals surface area contributed by atoms with Crippen molar-refractivity contribution >= 4 is 5.97 Å². The fraction of sp³-hybridized carbons (Fsp3) is 0.889. The van der Waals surface area contributed by atoms with E-state index >= 15 is 0 Å². The Labute approximate surface area is 73.2 Å². The first-order valence-electron chi connectivity index (χ1n) is 4.58. The van der Waals surface area contributed by atoms with Crippen molar-refractivity contribution in [1.29, 1.82) is 0 Å². The van der Waals surface area contributed by atoms with E-state index < -0.39 is 11.5 Å². The van der Waals surface area contributed by atoms with Gasteiger partial charge in [0.05, 0.1) is 0 Å². The smallest absolute Gasteiger partial charge is 0.324 e. The van der Waals surface area contributed by atoms with Crippen molar-refractivity contribution in [3.8, 4) is 0 Å². The lowest BCUT2D eigenvalue weighted by Crippen LogP contribution is -2.58. The summed E-state index contributed by atoms with van der Waals surface area (Å²) < 4.78 is 0. The summed E-state index contributed by atoms with van der Waals surface area (Å²) >= 11 is 0. The van der Waals surface area contributed by atoms with Crippen LogP contribution >= 0.6 is 0 Å². The molecule has 1 saturated heterocycles. The number of carboxylic acid groups (broad SMARTS) is 1. The van der Waals surface area contributed by atoms with Crippen LogP contribution in [0.4, 0.5) is 0 Å². The zero-order valence-electron chi connectivity index (χ0n) is 7.76. The highest BCUT2D eigenvalue weighted by molar-refractivity contribution is 5.79. The first-order valence-corrected chi connectivity index (χ1v) is 4.58. The van der Waals surface area contributed by atoms with Gasteiger partial charge in [0.25, 0.3) is 0 Å². The molecule has 0 aromatic heterocycles. The van der Waals surface area contributed by atoms with Crippen LogP contribution in [0.25, 0.3) is 0 Å². The van der Waals surface area contributed by atoms with Crippen molar-refractivity contribution in [2.75, 3.05) is 6.54 Å². The maximum absolute atomic E-state index is 11.1. The molecule has 3 nitrogen and oxygen atoms in total. The zero-order chi connectivity index (χ0) is 9.19. The van der Waals surface area contributed by atoms with Gasteiger partial charge in [-0.25, -0.2) is 0 Å². The first kappa shape index (κ1) is 9.52. The molecule has 1 heterocycles. The average molecular weight is 171 g/mol. The second-order valence-electron chi connectivity index (χ2n) is 3.82. The molecule has 0 bridgehead atoms. The van der Waals surface area contributed by atoms with E-state index in [9.17, 15) is 4.79 Å². The molecule has 12 heavy (non-hydrogen) atoms. The summed E-state index contributed by atoms with van der Waals surface area (Å²) in [7, 11) is 0. The Morgan fingerprint density at radius 3 is 2.42 bits per heavy atom. The summed E-state index contributed by atoms with van der Waals surface area (Å²) in [5.74, 6) is -0.535. The van der Waals surface area contributed by atoms with Gasteiger partial charge in [-0.1, -0.05) is 13.8 Å². The molecule has 0 aromatic carbocycles. The van der Waals surface area contributed by atoms with E-state index in [0.717, 1.165) is 25.8 Å². The van der Waals surface area contributed by atoms with Gasteiger partial charge in [-0.15, -0.1) is 0 Å². The molecule has 1 rings (SSSR count). The number of nitrogens with one attached hydrogen (secondary N) is 1. The largest absolute Gasteiger partial charge is 0.480 e. The third-order valence-electron chi connectivity index (χ3n) is 2.81. The zero-order valence-corrected chi connectivity index (χ0v) is 7.76. The standard InChI is InChI=1S/C9H17NO2/c1-7(2)9(8(11)12)5-3-4-6-10-9/h7,10H,3-6H2,1-2H3,(H,11,12)/t9-/m0/s1. The minimum Gasteiger partial charge on any atom is -0.480 e. The van der Waals surface area contributed by atoms with E-state index in [1.807, 2.05) is 13.8 Å². The van der Waals surface area contributed by atoms with Gasteiger partial charge >= 0.3 is 5.97 Å². The van der Waals surface area contributed by atoms with Crippen LogP contribution in [0.1, 0.15) is 33.1 Å². The number of rotatable bonds is 2. The van der Waals surface area contributed by atoms with Crippen LogP contribution in [0.2, 0.25) is 0 Å². The Hall–Kier alpha value is -0.570. The molecule has 0 unspecified atom stereocenters. The topological polar surface area (TPSA) is 49.3 Å². The maximum atomic E-state index is 11.1. The lowest BCUT2D eigenvalue weighted by molar-refractivity contribution is -0.148. The molecule has 0 saturated carbocycles. The summed E-state index contributed by atoms with van der Waals surface area (Å²) in [6, 6.07) is 0. The predicted molar refractivity (Wildman–Crippen MR) is 47.1 cm³/mol. The molecule has 0 aliphatic carbocycles. The van der Waals surface area contributed by atoms with E-state index in [4.69, 9.17) is 5.11 Å². The Balaban J connectivity index is 2.77. The molecule has 1 fully saturated rings. The number of aliphatic carboxylic acids is 1. The number of piperidine rings is 1. The fourth-order valence-corrected chi connectivity index (χ4v) is 1.85. The van der Waals surface area contributed by atoms with Crippen LogP contribution in [0.15, 0.2) is 0 Å². The summed E-state index contributed by atoms with van der Waals surface area (Å²) in [6.07, 6.45) is 2.89. The SMILES string of the molecule is CC(C)[C@]1(C(=O)O)CCCCN1. The molecule has 1 atom stereocenters. The minimum absolute atomic E-state index is 0.162. The molecule has 2 N–H and O–H groups in total. The highest BCUT2D eigenvalue weighted by atomic mass is 16.4. The fourth-order valence-electron chi connectivity index (χ4n) is 1.85. The van der Waals surface area contributed by atoms with Crippen LogP contribution in [-0.4, -0.2) is 23.2 Å². The monoisotopic (exact) mass is 171 g/mol. The Morgan fingerprint density at radius 1 is 1.50 bits per heavy atom. The Morgan fingerprint density at radius 2 is 2.17 bits per heavy atom. The minimum atomic E-state index is -0.697. The summed E-state index contributed by atoms with van der Waals surface area (Å²) in [5.41, 5.74) is -0.655. The van der Waals surface area contributed by atoms with Crippen molar-refractivity contribution in [2.45, 2.75) is 38.6 Å². The molecule has 0 radical (unpaired) electrons. The van der Waals surface area contributed by atoms with E-state index in [2.05, 4.69) is 5.32 Å². The third-order valence-corrected chi connectivity index (χ3v) is 2.81. The molecule has 0 aromatic rings. The van der Waals surface area contributed by atoms with Gasteiger partial charge in [0.15, 0.2) is 0 Å². The molecule has 1 aliphatic rings. The predicted octanol–water partition coefficient (Wildman–Crippen LogP) is 1.24. The summed E-state index contributed by atoms with van der Waals surface area (Å²) in [4.78, 5) is 11.1. The van der Waals surface area contributed by atoms with Gasteiger partial charge in [-0.3, -0.25) is 4.79 Å². The van der Waals surface area contributed by atoms with Crippen LogP contribution in [0, 0.1) is 5.92 Å². The second-order valence-corrected chi connectivity index (χ2v) is 3.82. The molecule has 3 heteroatoms. The highest BCUT2D eigenvalue weighted by Gasteiger charge is 2.42. The lowest BCUT2D eigenvalue weighted by atomic mass is 9.79. The first-order chi connectivity index (χ1) is 5.59. The molecular formula is C9H17NO2. The molecular weight excluding hydrogens is 154 g/mol. The van der Waals surface area contributed by atoms with E-state index in [1.54, 1.807) is 0 Å². The van der Waals surface area contributed by atoms with Crippen LogP contribution in [-0.2, 0) is 4.79 Å². The van der Waals surface area contributed by atoms with Crippen LogP contribution in [0.5, 0.6) is 0 Å². The van der Waals surface area contributed by atoms with Crippen molar-refractivity contribution < 1.29 is 9.90 Å². The van der Waals surface area contributed by atoms with Gasteiger partial charge < -0.3 is 10.4 Å². The van der Waals surface area contributed by atoms with Gasteiger partial charge in [0, 0.05) is 0 Å². The quantitative estimate of drug-likeness (QED) is 0.657. The van der Waals surface area contributed by atoms with Crippen LogP contribution < -0.4 is 5.32 Å². The van der Waals surface area contributed by atoms with E-state index in [0.29, 0.717) is 0 Å². The van der Waals surface area contributed by atoms with Crippen LogP contribution in [0.3, 0.4) is 0 Å². The third kappa shape index (κ3) is 1.46.